The second-order valence-corrected chi connectivity index (χ2v) is 6.67. The zero-order valence-corrected chi connectivity index (χ0v) is 13.0. The SMILES string of the molecule is CN(C)C[C@]1(O)CCN(c2nc(N)nc3c2CCCC3)C1. The Kier molecular flexibility index (Phi) is 3.75. The van der Waals surface area contributed by atoms with Crippen LogP contribution in [0, 0.1) is 0 Å². The van der Waals surface area contributed by atoms with Crippen LogP contribution in [-0.2, 0) is 12.8 Å². The van der Waals surface area contributed by atoms with Crippen LogP contribution in [0.25, 0.3) is 0 Å². The summed E-state index contributed by atoms with van der Waals surface area (Å²) in [5.41, 5.74) is 7.56. The smallest absolute Gasteiger partial charge is 0.222 e. The molecular formula is C15H25N5O. The molecule has 1 fully saturated rings. The highest BCUT2D eigenvalue weighted by Gasteiger charge is 2.38. The molecule has 1 atom stereocenters. The first kappa shape index (κ1) is 14.5. The number of anilines is 2. The van der Waals surface area contributed by atoms with Crippen LogP contribution >= 0.6 is 0 Å². The predicted octanol–water partition coefficient (Wildman–Crippen LogP) is 0.440. The molecule has 0 bridgehead atoms. The quantitative estimate of drug-likeness (QED) is 0.841. The zero-order chi connectivity index (χ0) is 15.0. The summed E-state index contributed by atoms with van der Waals surface area (Å²) in [7, 11) is 3.98. The van der Waals surface area contributed by atoms with Gasteiger partial charge in [0.15, 0.2) is 0 Å². The molecule has 1 aliphatic carbocycles. The number of nitrogens with zero attached hydrogens (tertiary/aromatic N) is 4. The first-order valence-corrected chi connectivity index (χ1v) is 7.74. The van der Waals surface area contributed by atoms with Crippen LogP contribution < -0.4 is 10.6 Å². The van der Waals surface area contributed by atoms with Gasteiger partial charge in [-0.25, -0.2) is 4.98 Å². The lowest BCUT2D eigenvalue weighted by atomic mass is 9.96. The van der Waals surface area contributed by atoms with Crippen LogP contribution in [0.5, 0.6) is 0 Å². The average molecular weight is 291 g/mol. The van der Waals surface area contributed by atoms with Gasteiger partial charge in [-0.2, -0.15) is 4.98 Å². The van der Waals surface area contributed by atoms with E-state index in [1.807, 2.05) is 19.0 Å². The molecule has 0 aromatic carbocycles. The van der Waals surface area contributed by atoms with Crippen LogP contribution in [0.2, 0.25) is 0 Å². The predicted molar refractivity (Wildman–Crippen MR) is 83.4 cm³/mol. The second kappa shape index (κ2) is 5.42. The van der Waals surface area contributed by atoms with Crippen molar-refractivity contribution in [3.05, 3.63) is 11.3 Å². The van der Waals surface area contributed by atoms with Crippen molar-refractivity contribution in [3.8, 4) is 0 Å². The maximum atomic E-state index is 10.7. The molecular weight excluding hydrogens is 266 g/mol. The molecule has 21 heavy (non-hydrogen) atoms. The summed E-state index contributed by atoms with van der Waals surface area (Å²) in [6.07, 6.45) is 5.14. The molecule has 3 rings (SSSR count). The highest BCUT2D eigenvalue weighted by molar-refractivity contribution is 5.54. The van der Waals surface area contributed by atoms with Crippen molar-refractivity contribution in [2.24, 2.45) is 0 Å². The summed E-state index contributed by atoms with van der Waals surface area (Å²) < 4.78 is 0. The van der Waals surface area contributed by atoms with E-state index in [0.717, 1.165) is 37.3 Å². The van der Waals surface area contributed by atoms with Crippen molar-refractivity contribution in [1.82, 2.24) is 14.9 Å². The molecule has 6 heteroatoms. The molecule has 1 aromatic rings. The minimum atomic E-state index is -0.662. The van der Waals surface area contributed by atoms with Crippen molar-refractivity contribution in [2.75, 3.05) is 44.4 Å². The Bertz CT molecular complexity index is 533. The minimum absolute atomic E-state index is 0.355. The summed E-state index contributed by atoms with van der Waals surface area (Å²) in [6.45, 7) is 2.12. The summed E-state index contributed by atoms with van der Waals surface area (Å²) >= 11 is 0. The van der Waals surface area contributed by atoms with Crippen LogP contribution in [0.4, 0.5) is 11.8 Å². The van der Waals surface area contributed by atoms with Gasteiger partial charge < -0.3 is 20.6 Å². The van der Waals surface area contributed by atoms with E-state index in [1.54, 1.807) is 0 Å². The molecule has 0 unspecified atom stereocenters. The Labute approximate surface area is 126 Å². The number of hydrogen-bond acceptors (Lipinski definition) is 6. The fourth-order valence-corrected chi connectivity index (χ4v) is 3.61. The average Bonchev–Trinajstić information content (AvgIpc) is 2.78. The van der Waals surface area contributed by atoms with E-state index in [4.69, 9.17) is 5.73 Å². The van der Waals surface area contributed by atoms with Crippen molar-refractivity contribution in [1.29, 1.82) is 0 Å². The molecule has 1 aliphatic heterocycles. The van der Waals surface area contributed by atoms with Gasteiger partial charge in [-0.05, 0) is 46.2 Å². The topological polar surface area (TPSA) is 78.5 Å². The highest BCUT2D eigenvalue weighted by Crippen LogP contribution is 2.33. The molecule has 3 N–H and O–H groups in total. The normalized spacial score (nSPS) is 25.4. The second-order valence-electron chi connectivity index (χ2n) is 6.67. The van der Waals surface area contributed by atoms with Crippen LogP contribution in [0.3, 0.4) is 0 Å². The van der Waals surface area contributed by atoms with Gasteiger partial charge in [0.05, 0.1) is 11.3 Å². The van der Waals surface area contributed by atoms with Gasteiger partial charge in [0.2, 0.25) is 5.95 Å². The number of nitrogens with two attached hydrogens (primary N) is 1. The van der Waals surface area contributed by atoms with Gasteiger partial charge in [0.25, 0.3) is 0 Å². The number of β-amino-alcohol motifs (C(OH)–C–C–N with tert-alkyl or cyclic N) is 1. The lowest BCUT2D eigenvalue weighted by Crippen LogP contribution is -2.42. The number of aliphatic hydroxyl groups is 1. The number of hydrogen-bond donors (Lipinski definition) is 2. The number of aromatic nitrogens is 2. The molecule has 1 aromatic heterocycles. The number of nitrogen functional groups attached to an aromatic ring is 1. The first-order valence-electron chi connectivity index (χ1n) is 7.74. The highest BCUT2D eigenvalue weighted by atomic mass is 16.3. The van der Waals surface area contributed by atoms with E-state index in [9.17, 15) is 5.11 Å². The number of fused-ring (bicyclic) bond motifs is 1. The molecule has 0 spiro atoms. The molecule has 0 saturated carbocycles. The van der Waals surface area contributed by atoms with Crippen LogP contribution in [0.15, 0.2) is 0 Å². The van der Waals surface area contributed by atoms with E-state index >= 15 is 0 Å². The standard InChI is InChI=1S/C15H25N5O/c1-19(2)9-15(21)7-8-20(10-15)13-11-5-3-4-6-12(11)17-14(16)18-13/h21H,3-10H2,1-2H3,(H2,16,17,18)/t15-/m1/s1. The van der Waals surface area contributed by atoms with E-state index < -0.39 is 5.60 Å². The number of likely N-dealkylation sites (N-methyl/N-ethyl adjacent to an activating group) is 1. The summed E-state index contributed by atoms with van der Waals surface area (Å²) in [4.78, 5) is 13.1. The van der Waals surface area contributed by atoms with Crippen molar-refractivity contribution >= 4 is 11.8 Å². The first-order chi connectivity index (χ1) is 9.97. The van der Waals surface area contributed by atoms with Crippen LogP contribution in [-0.4, -0.2) is 59.3 Å². The molecule has 1 saturated heterocycles. The largest absolute Gasteiger partial charge is 0.387 e. The Balaban J connectivity index is 1.86. The Hall–Kier alpha value is -1.40. The Morgan fingerprint density at radius 3 is 2.81 bits per heavy atom. The van der Waals surface area contributed by atoms with Crippen molar-refractivity contribution < 1.29 is 5.11 Å². The lowest BCUT2D eigenvalue weighted by Gasteiger charge is -2.28. The lowest BCUT2D eigenvalue weighted by molar-refractivity contribution is 0.0365. The van der Waals surface area contributed by atoms with Gasteiger partial charge in [-0.15, -0.1) is 0 Å². The number of rotatable bonds is 3. The van der Waals surface area contributed by atoms with Crippen molar-refractivity contribution in [2.45, 2.75) is 37.7 Å². The van der Waals surface area contributed by atoms with Crippen LogP contribution in [0.1, 0.15) is 30.5 Å². The van der Waals surface area contributed by atoms with Gasteiger partial charge in [0, 0.05) is 25.2 Å². The maximum absolute atomic E-state index is 10.7. The minimum Gasteiger partial charge on any atom is -0.387 e. The molecule has 2 aliphatic rings. The van der Waals surface area contributed by atoms with Gasteiger partial charge in [-0.1, -0.05) is 0 Å². The summed E-state index contributed by atoms with van der Waals surface area (Å²) in [5, 5.41) is 10.7. The van der Waals surface area contributed by atoms with Crippen molar-refractivity contribution in [3.63, 3.8) is 0 Å². The van der Waals surface area contributed by atoms with E-state index in [-0.39, 0.29) is 0 Å². The molecule has 116 valence electrons. The van der Waals surface area contributed by atoms with Gasteiger partial charge in [0.1, 0.15) is 5.82 Å². The third-order valence-electron chi connectivity index (χ3n) is 4.42. The fourth-order valence-electron chi connectivity index (χ4n) is 3.61. The molecule has 6 nitrogen and oxygen atoms in total. The monoisotopic (exact) mass is 291 g/mol. The Morgan fingerprint density at radius 1 is 1.29 bits per heavy atom. The maximum Gasteiger partial charge on any atom is 0.222 e. The van der Waals surface area contributed by atoms with E-state index in [0.29, 0.717) is 19.0 Å². The Morgan fingerprint density at radius 2 is 2.05 bits per heavy atom. The van der Waals surface area contributed by atoms with E-state index in [1.165, 1.54) is 18.4 Å². The fraction of sp³-hybridized carbons (Fsp3) is 0.733. The number of aryl methyl sites for hydroxylation is 1. The molecule has 0 amide bonds. The molecule has 2 heterocycles. The third-order valence-corrected chi connectivity index (χ3v) is 4.42. The summed E-state index contributed by atoms with van der Waals surface area (Å²) in [5.74, 6) is 1.31. The third kappa shape index (κ3) is 2.96. The van der Waals surface area contributed by atoms with E-state index in [2.05, 4.69) is 14.9 Å². The summed E-state index contributed by atoms with van der Waals surface area (Å²) in [6, 6.07) is 0. The van der Waals surface area contributed by atoms with Gasteiger partial charge in [-0.3, -0.25) is 0 Å². The zero-order valence-electron chi connectivity index (χ0n) is 13.0. The van der Waals surface area contributed by atoms with Gasteiger partial charge >= 0.3 is 0 Å². The molecule has 0 radical (unpaired) electrons.